The van der Waals surface area contributed by atoms with E-state index in [-0.39, 0.29) is 35.2 Å². The number of halogens is 2. The minimum Gasteiger partial charge on any atom is -0.462 e. The zero-order valence-electron chi connectivity index (χ0n) is 25.8. The molecule has 0 N–H and O–H groups in total. The Kier molecular flexibility index (Phi) is 7.65. The van der Waals surface area contributed by atoms with Crippen molar-refractivity contribution in [2.45, 2.75) is 39.7 Å². The Balaban J connectivity index is 1.72. The molecule has 0 unspecified atom stereocenters. The summed E-state index contributed by atoms with van der Waals surface area (Å²) in [6, 6.07) is 2.59. The first-order valence-electron chi connectivity index (χ1n) is 14.0. The molecule has 1 aromatic carbocycles. The zero-order chi connectivity index (χ0) is 32.2. The number of hydrogen-bond donors (Lipinski definition) is 0. The first kappa shape index (κ1) is 30.6. The molecule has 12 heteroatoms. The lowest BCUT2D eigenvalue weighted by atomic mass is 9.97. The van der Waals surface area contributed by atoms with Crippen molar-refractivity contribution >= 4 is 34.5 Å². The van der Waals surface area contributed by atoms with Crippen molar-refractivity contribution in [2.24, 2.45) is 7.05 Å². The summed E-state index contributed by atoms with van der Waals surface area (Å²) in [5, 5.41) is 0.180. The van der Waals surface area contributed by atoms with Gasteiger partial charge in [-0.05, 0) is 39.3 Å². The van der Waals surface area contributed by atoms with Gasteiger partial charge in [-0.1, -0.05) is 0 Å². The highest BCUT2D eigenvalue weighted by atomic mass is 19.2. The number of aromatic nitrogens is 3. The maximum absolute atomic E-state index is 15.7. The molecule has 5 rings (SSSR count). The first-order chi connectivity index (χ1) is 20.6. The smallest absolute Gasteiger partial charge is 0.414 e. The summed E-state index contributed by atoms with van der Waals surface area (Å²) in [6.07, 6.45) is 3.97. The molecule has 1 aliphatic carbocycles. The molecule has 1 amide bonds. The largest absolute Gasteiger partial charge is 0.462 e. The van der Waals surface area contributed by atoms with Crippen molar-refractivity contribution < 1.29 is 27.8 Å². The topological polar surface area (TPSA) is 107 Å². The predicted octanol–water partition coefficient (Wildman–Crippen LogP) is 5.46. The van der Waals surface area contributed by atoms with Crippen LogP contribution in [0.2, 0.25) is 0 Å². The number of ether oxygens (including phenoxy) is 2. The van der Waals surface area contributed by atoms with Gasteiger partial charge in [0.05, 0.1) is 29.1 Å². The molecule has 0 aliphatic heterocycles. The molecule has 1 aliphatic rings. The van der Waals surface area contributed by atoms with Crippen LogP contribution in [0.3, 0.4) is 0 Å². The van der Waals surface area contributed by atoms with Crippen LogP contribution in [0.25, 0.3) is 33.3 Å². The van der Waals surface area contributed by atoms with Crippen molar-refractivity contribution in [3.63, 3.8) is 0 Å². The van der Waals surface area contributed by atoms with Gasteiger partial charge in [0.2, 0.25) is 5.43 Å². The monoisotopic (exact) mass is 605 g/mol. The third-order valence-electron chi connectivity index (χ3n) is 7.32. The van der Waals surface area contributed by atoms with Crippen molar-refractivity contribution in [3.8, 4) is 22.3 Å². The first-order valence-corrected chi connectivity index (χ1v) is 14.0. The number of fused-ring (bicyclic) bond motifs is 4. The molecule has 0 bridgehead atoms. The Morgan fingerprint density at radius 2 is 1.77 bits per heavy atom. The van der Waals surface area contributed by atoms with Gasteiger partial charge in [-0.2, -0.15) is 0 Å². The van der Waals surface area contributed by atoms with E-state index in [1.54, 1.807) is 76.8 Å². The molecule has 3 aromatic heterocycles. The number of rotatable bonds is 5. The normalized spacial score (nSPS) is 12.1. The maximum Gasteiger partial charge on any atom is 0.414 e. The number of esters is 1. The summed E-state index contributed by atoms with van der Waals surface area (Å²) >= 11 is 0. The van der Waals surface area contributed by atoms with E-state index in [1.165, 1.54) is 18.1 Å². The van der Waals surface area contributed by atoms with E-state index in [0.29, 0.717) is 39.3 Å². The molecule has 0 spiro atoms. The fraction of sp³-hybridized carbons (Fsp3) is 0.344. The van der Waals surface area contributed by atoms with Gasteiger partial charge < -0.3 is 18.9 Å². The molecule has 0 fully saturated rings. The average Bonchev–Trinajstić information content (AvgIpc) is 3.34. The van der Waals surface area contributed by atoms with Gasteiger partial charge in [-0.15, -0.1) is 0 Å². The van der Waals surface area contributed by atoms with Gasteiger partial charge >= 0.3 is 12.1 Å². The van der Waals surface area contributed by atoms with Crippen molar-refractivity contribution in [2.75, 3.05) is 37.5 Å². The second kappa shape index (κ2) is 11.0. The van der Waals surface area contributed by atoms with Crippen LogP contribution in [-0.4, -0.2) is 59.9 Å². The fourth-order valence-electron chi connectivity index (χ4n) is 5.46. The third-order valence-corrected chi connectivity index (χ3v) is 7.32. The van der Waals surface area contributed by atoms with E-state index >= 15 is 8.78 Å². The van der Waals surface area contributed by atoms with Crippen LogP contribution < -0.4 is 15.2 Å². The molecular weight excluding hydrogens is 572 g/mol. The summed E-state index contributed by atoms with van der Waals surface area (Å²) in [5.74, 6) is -2.93. The SMILES string of the molecule is CCOC(=O)c1cn(C)c2ncc(-c3cnc4c(c3N(C)C)-c3c(F)c(F)cc(N(C)C(=O)OC(C)(C)C)c3C4)cc2c1=O. The molecule has 0 saturated carbocycles. The van der Waals surface area contributed by atoms with E-state index in [9.17, 15) is 14.4 Å². The zero-order valence-corrected chi connectivity index (χ0v) is 25.8. The van der Waals surface area contributed by atoms with Gasteiger partial charge in [0.1, 0.15) is 16.8 Å². The number of aryl methyl sites for hydroxylation is 1. The number of pyridine rings is 3. The molecule has 44 heavy (non-hydrogen) atoms. The Morgan fingerprint density at radius 3 is 2.41 bits per heavy atom. The summed E-state index contributed by atoms with van der Waals surface area (Å²) in [7, 11) is 6.63. The standard InChI is InChI=1S/C32H33F2N5O5/c1-9-43-30(41)20-15-38(7)29-18(28(20)40)10-16(13-36-29)19-14-35-22-11-17-23(39(8)31(42)44-32(2,3)4)12-21(33)26(34)24(17)25(22)27(19)37(5)6/h10,12-15H,9,11H2,1-8H3. The van der Waals surface area contributed by atoms with Gasteiger partial charge in [0.15, 0.2) is 11.6 Å². The molecule has 4 aromatic rings. The number of amides is 1. The second-order valence-electron chi connectivity index (χ2n) is 11.8. The fourth-order valence-corrected chi connectivity index (χ4v) is 5.46. The van der Waals surface area contributed by atoms with Gasteiger partial charge in [-0.3, -0.25) is 14.7 Å². The number of nitrogens with zero attached hydrogens (tertiary/aromatic N) is 5. The molecule has 0 atom stereocenters. The van der Waals surface area contributed by atoms with E-state index in [1.807, 2.05) is 0 Å². The Hall–Kier alpha value is -4.87. The molecule has 10 nitrogen and oxygen atoms in total. The minimum absolute atomic E-state index is 0.00211. The predicted molar refractivity (Wildman–Crippen MR) is 163 cm³/mol. The van der Waals surface area contributed by atoms with Crippen LogP contribution in [0.4, 0.5) is 25.0 Å². The van der Waals surface area contributed by atoms with Crippen molar-refractivity contribution in [3.05, 3.63) is 69.4 Å². The lowest BCUT2D eigenvalue weighted by molar-refractivity contribution is 0.0522. The van der Waals surface area contributed by atoms with Crippen LogP contribution in [0.1, 0.15) is 49.3 Å². The lowest BCUT2D eigenvalue weighted by Crippen LogP contribution is -2.34. The summed E-state index contributed by atoms with van der Waals surface area (Å²) in [6.45, 7) is 6.91. The molecule has 0 radical (unpaired) electrons. The number of benzene rings is 1. The molecule has 3 heterocycles. The molecule has 230 valence electrons. The van der Waals surface area contributed by atoms with Crippen molar-refractivity contribution in [1.29, 1.82) is 0 Å². The highest BCUT2D eigenvalue weighted by Crippen LogP contribution is 2.50. The van der Waals surface area contributed by atoms with Crippen LogP contribution in [0.5, 0.6) is 0 Å². The minimum atomic E-state index is -1.13. The van der Waals surface area contributed by atoms with E-state index in [2.05, 4.69) is 9.97 Å². The highest BCUT2D eigenvalue weighted by Gasteiger charge is 2.35. The van der Waals surface area contributed by atoms with Crippen LogP contribution in [0.15, 0.2) is 35.5 Å². The van der Waals surface area contributed by atoms with Gasteiger partial charge in [0, 0.05) is 81.5 Å². The van der Waals surface area contributed by atoms with Crippen molar-refractivity contribution in [1.82, 2.24) is 14.5 Å². The van der Waals surface area contributed by atoms with Crippen LogP contribution >= 0.6 is 0 Å². The molecule has 0 saturated heterocycles. The van der Waals surface area contributed by atoms with Gasteiger partial charge in [-0.25, -0.2) is 23.4 Å². The second-order valence-corrected chi connectivity index (χ2v) is 11.8. The average molecular weight is 606 g/mol. The third kappa shape index (κ3) is 5.14. The number of anilines is 2. The summed E-state index contributed by atoms with van der Waals surface area (Å²) < 4.78 is 43.0. The number of carbonyl (C=O) groups is 2. The number of hydrogen-bond acceptors (Lipinski definition) is 8. The van der Waals surface area contributed by atoms with E-state index in [0.717, 1.165) is 6.07 Å². The summed E-state index contributed by atoms with van der Waals surface area (Å²) in [4.78, 5) is 50.8. The molecular formula is C32H33F2N5O5. The van der Waals surface area contributed by atoms with E-state index in [4.69, 9.17) is 9.47 Å². The van der Waals surface area contributed by atoms with Crippen LogP contribution in [0, 0.1) is 11.6 Å². The summed E-state index contributed by atoms with van der Waals surface area (Å²) in [5.41, 5.74) is 1.80. The Labute approximate surface area is 252 Å². The lowest BCUT2D eigenvalue weighted by Gasteiger charge is -2.26. The quantitative estimate of drug-likeness (QED) is 0.243. The van der Waals surface area contributed by atoms with E-state index < -0.39 is 34.7 Å². The Bertz CT molecular complexity index is 1910. The van der Waals surface area contributed by atoms with Gasteiger partial charge in [0.25, 0.3) is 0 Å². The van der Waals surface area contributed by atoms with Crippen LogP contribution in [-0.2, 0) is 22.9 Å². The Morgan fingerprint density at radius 1 is 1.07 bits per heavy atom. The maximum atomic E-state index is 15.7. The highest BCUT2D eigenvalue weighted by molar-refractivity contribution is 6.00. The number of carbonyl (C=O) groups excluding carboxylic acids is 2.